The maximum Gasteiger partial charge on any atom is 0.166 e. The summed E-state index contributed by atoms with van der Waals surface area (Å²) in [5.74, 6) is 6.10. The standard InChI is InChI=1S/C25H27FN4O2S/c1-25(2,31)8-5-16-3-4-20(26)19(11-16)15-32-21-12-18(13-29-23(21)27)22-14-30-24(33-22)17-6-9-28-10-7-17/h3-4,11-14,17,28,31H,6-7,9-10,15H2,1-2H3,(H2,27,29)/i/hD. The predicted octanol–water partition coefficient (Wildman–Crippen LogP) is 4.09. The molecular formula is C25H27FN4O2S. The van der Waals surface area contributed by atoms with E-state index in [1.54, 1.807) is 54.9 Å². The normalized spacial score (nSPS) is 15.6. The molecule has 4 N–H and O–H groups in total. The number of nitrogens with zero attached hydrogens (tertiary/aromatic N) is 2. The average Bonchev–Trinajstić information content (AvgIpc) is 3.29. The molecule has 1 fully saturated rings. The molecule has 4 rings (SSSR count). The maximum atomic E-state index is 14.3. The molecule has 0 saturated carbocycles. The third-order valence-electron chi connectivity index (χ3n) is 5.25. The summed E-state index contributed by atoms with van der Waals surface area (Å²) in [6, 6.07) is 6.28. The monoisotopic (exact) mass is 467 g/mol. The lowest BCUT2D eigenvalue weighted by molar-refractivity contribution is 0.143. The van der Waals surface area contributed by atoms with Crippen molar-refractivity contribution in [1.29, 1.82) is 0 Å². The predicted molar refractivity (Wildman–Crippen MR) is 129 cm³/mol. The van der Waals surface area contributed by atoms with Crippen LogP contribution in [0.25, 0.3) is 10.4 Å². The largest absolute Gasteiger partial charge is 0.485 e. The Morgan fingerprint density at radius 3 is 2.85 bits per heavy atom. The van der Waals surface area contributed by atoms with E-state index in [0.29, 0.717) is 22.8 Å². The van der Waals surface area contributed by atoms with Crippen molar-refractivity contribution < 1.29 is 15.6 Å². The molecule has 172 valence electrons. The maximum absolute atomic E-state index is 14.3. The summed E-state index contributed by atoms with van der Waals surface area (Å²) >= 11 is 1.61. The Balaban J connectivity index is 1.49. The Hall–Kier alpha value is -2.99. The van der Waals surface area contributed by atoms with Gasteiger partial charge in [-0.3, -0.25) is 0 Å². The van der Waals surface area contributed by atoms with Crippen molar-refractivity contribution in [3.8, 4) is 28.0 Å². The first-order chi connectivity index (χ1) is 16.2. The number of nitrogens with one attached hydrogen (secondary N) is 1. The van der Waals surface area contributed by atoms with Gasteiger partial charge in [0.15, 0.2) is 11.6 Å². The van der Waals surface area contributed by atoms with E-state index in [-0.39, 0.29) is 12.4 Å². The minimum atomic E-state index is -1.14. The van der Waals surface area contributed by atoms with Crippen molar-refractivity contribution in [3.63, 3.8) is 0 Å². The Morgan fingerprint density at radius 1 is 1.30 bits per heavy atom. The highest BCUT2D eigenvalue weighted by Gasteiger charge is 2.19. The number of pyridine rings is 1. The van der Waals surface area contributed by atoms with Crippen LogP contribution in [0.2, 0.25) is 1.41 Å². The number of nitrogens with two attached hydrogens (primary N) is 1. The Labute approximate surface area is 198 Å². The zero-order valence-electron chi connectivity index (χ0n) is 19.6. The topological polar surface area (TPSA) is 93.3 Å². The van der Waals surface area contributed by atoms with E-state index in [9.17, 15) is 9.50 Å². The van der Waals surface area contributed by atoms with Gasteiger partial charge in [0.1, 0.15) is 19.4 Å². The number of benzene rings is 1. The second kappa shape index (κ2) is 9.87. The third kappa shape index (κ3) is 6.08. The highest BCUT2D eigenvalue weighted by Crippen LogP contribution is 2.35. The molecule has 1 aliphatic heterocycles. The fourth-order valence-electron chi connectivity index (χ4n) is 3.46. The lowest BCUT2D eigenvalue weighted by atomic mass is 9.99. The van der Waals surface area contributed by atoms with Crippen molar-refractivity contribution in [2.75, 3.05) is 18.8 Å². The Bertz CT molecular complexity index is 1220. The van der Waals surface area contributed by atoms with Crippen LogP contribution < -0.4 is 15.8 Å². The van der Waals surface area contributed by atoms with E-state index in [4.69, 9.17) is 11.9 Å². The van der Waals surface area contributed by atoms with Crippen molar-refractivity contribution in [2.24, 2.45) is 0 Å². The number of thiazole rings is 1. The molecule has 33 heavy (non-hydrogen) atoms. The van der Waals surface area contributed by atoms with Crippen LogP contribution in [0.4, 0.5) is 10.2 Å². The van der Waals surface area contributed by atoms with Crippen LogP contribution in [0.15, 0.2) is 36.7 Å². The summed E-state index contributed by atoms with van der Waals surface area (Å²) in [4.78, 5) is 9.81. The molecule has 6 nitrogen and oxygen atoms in total. The van der Waals surface area contributed by atoms with Crippen molar-refractivity contribution in [3.05, 3.63) is 58.6 Å². The quantitative estimate of drug-likeness (QED) is 0.490. The number of ether oxygens (including phenoxy) is 1. The van der Waals surface area contributed by atoms with Gasteiger partial charge < -0.3 is 20.9 Å². The van der Waals surface area contributed by atoms with Gasteiger partial charge in [0.25, 0.3) is 0 Å². The number of nitrogen functional groups attached to an aromatic ring is 1. The minimum absolute atomic E-state index is 0.0428. The number of aromatic nitrogens is 2. The summed E-state index contributed by atoms with van der Waals surface area (Å²) in [5, 5.41) is 12.4. The van der Waals surface area contributed by atoms with Crippen molar-refractivity contribution >= 4 is 17.2 Å². The molecule has 0 atom stereocenters. The van der Waals surface area contributed by atoms with E-state index in [1.165, 1.54) is 6.07 Å². The van der Waals surface area contributed by atoms with E-state index >= 15 is 0 Å². The van der Waals surface area contributed by atoms with Crippen LogP contribution in [0.1, 0.15) is 48.7 Å². The number of hydrogen-bond donors (Lipinski definition) is 3. The first-order valence-corrected chi connectivity index (χ1v) is 11.6. The second-order valence-electron chi connectivity index (χ2n) is 8.52. The molecule has 0 radical (unpaired) electrons. The summed E-state index contributed by atoms with van der Waals surface area (Å²) in [6.45, 7) is 4.63. The fourth-order valence-corrected chi connectivity index (χ4v) is 4.52. The van der Waals surface area contributed by atoms with Gasteiger partial charge in [-0.2, -0.15) is 0 Å². The number of halogens is 1. The van der Waals surface area contributed by atoms with Gasteiger partial charge in [0, 0.05) is 35.0 Å². The SMILES string of the molecule is [2H]N1CCC(c2ncc(-c3cnc(N)c(OCc4cc(C#CC(C)(C)O)ccc4F)c3)s2)CC1. The van der Waals surface area contributed by atoms with Crippen molar-refractivity contribution in [2.45, 2.75) is 44.8 Å². The Kier molecular flexibility index (Phi) is 6.53. The van der Waals surface area contributed by atoms with Crippen molar-refractivity contribution in [1.82, 2.24) is 15.3 Å². The average molecular weight is 468 g/mol. The minimum Gasteiger partial charge on any atom is -0.485 e. The van der Waals surface area contributed by atoms with E-state index < -0.39 is 11.4 Å². The fraction of sp³-hybridized carbons (Fsp3) is 0.360. The molecule has 0 amide bonds. The number of piperidine rings is 1. The first-order valence-electron chi connectivity index (χ1n) is 11.2. The van der Waals surface area contributed by atoms with Crippen LogP contribution in [-0.4, -0.2) is 33.8 Å². The van der Waals surface area contributed by atoms with Crippen LogP contribution in [0.3, 0.4) is 0 Å². The van der Waals surface area contributed by atoms with Gasteiger partial charge in [-0.1, -0.05) is 11.8 Å². The van der Waals surface area contributed by atoms with Gasteiger partial charge in [0.2, 0.25) is 0 Å². The highest BCUT2D eigenvalue weighted by atomic mass is 32.1. The van der Waals surface area contributed by atoms with Gasteiger partial charge in [0.05, 0.1) is 9.88 Å². The number of hydrogen-bond acceptors (Lipinski definition) is 7. The van der Waals surface area contributed by atoms with Gasteiger partial charge in [-0.05, 0) is 64.0 Å². The molecule has 1 aromatic carbocycles. The van der Waals surface area contributed by atoms with Gasteiger partial charge >= 0.3 is 0 Å². The lowest BCUT2D eigenvalue weighted by Crippen LogP contribution is -2.26. The zero-order valence-corrected chi connectivity index (χ0v) is 19.5. The summed E-state index contributed by atoms with van der Waals surface area (Å²) in [7, 11) is 0. The molecule has 1 saturated heterocycles. The van der Waals surface area contributed by atoms with Crippen LogP contribution in [0, 0.1) is 17.7 Å². The smallest absolute Gasteiger partial charge is 0.166 e. The lowest BCUT2D eigenvalue weighted by Gasteiger charge is -2.20. The molecular weight excluding hydrogens is 439 g/mol. The summed E-state index contributed by atoms with van der Waals surface area (Å²) in [5.41, 5.74) is 6.61. The van der Waals surface area contributed by atoms with E-state index in [2.05, 4.69) is 21.8 Å². The van der Waals surface area contributed by atoms with Gasteiger partial charge in [-0.25, -0.2) is 14.4 Å². The molecule has 2 aromatic heterocycles. The molecule has 1 aliphatic rings. The summed E-state index contributed by atoms with van der Waals surface area (Å²) in [6.07, 6.45) is 5.36. The first kappa shape index (κ1) is 21.8. The molecule has 0 aliphatic carbocycles. The van der Waals surface area contributed by atoms with E-state index in [1.807, 2.05) is 6.20 Å². The number of aliphatic hydroxyl groups is 1. The molecule has 3 heterocycles. The third-order valence-corrected chi connectivity index (χ3v) is 6.46. The second-order valence-corrected chi connectivity index (χ2v) is 9.58. The van der Waals surface area contributed by atoms with Crippen LogP contribution in [0.5, 0.6) is 5.75 Å². The summed E-state index contributed by atoms with van der Waals surface area (Å²) < 4.78 is 27.9. The zero-order chi connectivity index (χ0) is 24.3. The number of anilines is 1. The molecule has 0 bridgehead atoms. The molecule has 8 heteroatoms. The molecule has 0 spiro atoms. The number of rotatable bonds is 5. The van der Waals surface area contributed by atoms with Crippen LogP contribution in [-0.2, 0) is 6.61 Å². The highest BCUT2D eigenvalue weighted by molar-refractivity contribution is 7.15. The van der Waals surface area contributed by atoms with E-state index in [0.717, 1.165) is 41.4 Å². The molecule has 3 aromatic rings. The Morgan fingerprint density at radius 2 is 2.09 bits per heavy atom. The molecule has 0 unspecified atom stereocenters. The van der Waals surface area contributed by atoms with Crippen LogP contribution >= 0.6 is 11.3 Å². The van der Waals surface area contributed by atoms with Gasteiger partial charge in [-0.15, -0.1) is 11.3 Å².